The first-order valence-corrected chi connectivity index (χ1v) is 9.39. The third kappa shape index (κ3) is 4.65. The summed E-state index contributed by atoms with van der Waals surface area (Å²) in [6.07, 6.45) is 7.31. The molecule has 0 atom stereocenters. The van der Waals surface area contributed by atoms with E-state index in [0.29, 0.717) is 11.6 Å². The number of ether oxygens (including phenoxy) is 1. The van der Waals surface area contributed by atoms with Gasteiger partial charge in [0.05, 0.1) is 11.3 Å². The normalized spacial score (nSPS) is 11.3. The van der Waals surface area contributed by atoms with Gasteiger partial charge in [-0.1, -0.05) is 19.9 Å². The molecule has 0 aliphatic carbocycles. The lowest BCUT2D eigenvalue weighted by Crippen LogP contribution is -2.00. The number of pyridine rings is 1. The predicted octanol–water partition coefficient (Wildman–Crippen LogP) is 5.20. The number of benzene rings is 1. The Morgan fingerprint density at radius 2 is 2.00 bits per heavy atom. The molecule has 1 aromatic carbocycles. The molecule has 0 unspecified atom stereocenters. The topological polar surface area (TPSA) is 86.0 Å². The van der Waals surface area contributed by atoms with Crippen LogP contribution in [0.25, 0.3) is 11.3 Å². The van der Waals surface area contributed by atoms with Crippen LogP contribution in [0.15, 0.2) is 60.6 Å². The molecule has 0 spiro atoms. The van der Waals surface area contributed by atoms with E-state index in [0.717, 1.165) is 41.1 Å². The van der Waals surface area contributed by atoms with E-state index in [1.807, 2.05) is 24.3 Å². The van der Waals surface area contributed by atoms with Crippen molar-refractivity contribution in [2.75, 3.05) is 11.1 Å². The van der Waals surface area contributed by atoms with Crippen LogP contribution in [0.3, 0.4) is 0 Å². The Balaban J connectivity index is 1.91. The highest BCUT2D eigenvalue weighted by Crippen LogP contribution is 2.33. The first-order chi connectivity index (χ1) is 13.6. The highest BCUT2D eigenvalue weighted by molar-refractivity contribution is 5.66. The molecule has 0 fully saturated rings. The summed E-state index contributed by atoms with van der Waals surface area (Å²) in [7, 11) is 0. The fourth-order valence-corrected chi connectivity index (χ4v) is 2.91. The Hall–Kier alpha value is -3.41. The van der Waals surface area contributed by atoms with Crippen molar-refractivity contribution in [1.82, 2.24) is 15.0 Å². The van der Waals surface area contributed by atoms with Crippen molar-refractivity contribution in [3.05, 3.63) is 66.1 Å². The van der Waals surface area contributed by atoms with Crippen molar-refractivity contribution >= 4 is 11.6 Å². The van der Waals surface area contributed by atoms with Crippen LogP contribution >= 0.6 is 0 Å². The van der Waals surface area contributed by atoms with E-state index >= 15 is 0 Å². The van der Waals surface area contributed by atoms with Gasteiger partial charge in [-0.15, -0.1) is 0 Å². The van der Waals surface area contributed by atoms with Crippen LogP contribution in [0.5, 0.6) is 11.6 Å². The van der Waals surface area contributed by atoms with Gasteiger partial charge >= 0.3 is 0 Å². The van der Waals surface area contributed by atoms with E-state index in [1.54, 1.807) is 18.5 Å². The van der Waals surface area contributed by atoms with Crippen molar-refractivity contribution < 1.29 is 4.74 Å². The number of nitrogens with zero attached hydrogens (tertiary/aromatic N) is 3. The number of nitrogens with two attached hydrogens (primary N) is 1. The lowest BCUT2D eigenvalue weighted by Gasteiger charge is -2.14. The molecular formula is C22H25N5O. The van der Waals surface area contributed by atoms with Crippen LogP contribution in [0.2, 0.25) is 0 Å². The monoisotopic (exact) mass is 375 g/mol. The number of allylic oxidation sites excluding steroid dienone is 2. The van der Waals surface area contributed by atoms with Crippen LogP contribution in [-0.4, -0.2) is 15.0 Å². The van der Waals surface area contributed by atoms with Crippen LogP contribution < -0.4 is 15.8 Å². The molecule has 3 rings (SSSR count). The van der Waals surface area contributed by atoms with Crippen molar-refractivity contribution in [2.24, 2.45) is 0 Å². The van der Waals surface area contributed by atoms with Gasteiger partial charge in [0.15, 0.2) is 0 Å². The summed E-state index contributed by atoms with van der Waals surface area (Å²) in [5.74, 6) is 1.47. The molecular weight excluding hydrogens is 350 g/mol. The SMILES string of the molecule is CC/C=C(/C)Nc1ccc(Oc2ncccc2-c2ccnc(N)n2)c(CC)c1. The van der Waals surface area contributed by atoms with Gasteiger partial charge in [-0.25, -0.2) is 15.0 Å². The molecule has 3 N–H and O–H groups in total. The fraction of sp³-hybridized carbons (Fsp3) is 0.227. The van der Waals surface area contributed by atoms with Crippen LogP contribution in [0, 0.1) is 0 Å². The van der Waals surface area contributed by atoms with Crippen molar-refractivity contribution in [1.29, 1.82) is 0 Å². The number of aryl methyl sites for hydroxylation is 1. The molecule has 144 valence electrons. The smallest absolute Gasteiger partial charge is 0.228 e. The zero-order valence-corrected chi connectivity index (χ0v) is 16.4. The molecule has 6 heteroatoms. The highest BCUT2D eigenvalue weighted by atomic mass is 16.5. The van der Waals surface area contributed by atoms with Gasteiger partial charge in [0, 0.05) is 23.8 Å². The lowest BCUT2D eigenvalue weighted by molar-refractivity contribution is 0.459. The summed E-state index contributed by atoms with van der Waals surface area (Å²) in [6, 6.07) is 11.6. The minimum atomic E-state index is 0.215. The van der Waals surface area contributed by atoms with Crippen LogP contribution in [0.1, 0.15) is 32.8 Å². The second-order valence-corrected chi connectivity index (χ2v) is 6.35. The molecule has 0 bridgehead atoms. The van der Waals surface area contributed by atoms with Gasteiger partial charge in [-0.2, -0.15) is 0 Å². The van der Waals surface area contributed by atoms with Gasteiger partial charge in [0.1, 0.15) is 5.75 Å². The van der Waals surface area contributed by atoms with E-state index in [1.165, 1.54) is 0 Å². The molecule has 2 heterocycles. The quantitative estimate of drug-likeness (QED) is 0.590. The van der Waals surface area contributed by atoms with E-state index in [-0.39, 0.29) is 5.95 Å². The zero-order valence-electron chi connectivity index (χ0n) is 16.4. The maximum absolute atomic E-state index is 6.18. The Bertz CT molecular complexity index is 984. The van der Waals surface area contributed by atoms with Gasteiger partial charge < -0.3 is 15.8 Å². The second-order valence-electron chi connectivity index (χ2n) is 6.35. The number of rotatable bonds is 7. The first kappa shape index (κ1) is 19.4. The summed E-state index contributed by atoms with van der Waals surface area (Å²) in [5.41, 5.74) is 10.4. The van der Waals surface area contributed by atoms with Gasteiger partial charge in [0.2, 0.25) is 11.8 Å². The van der Waals surface area contributed by atoms with Gasteiger partial charge in [-0.3, -0.25) is 0 Å². The van der Waals surface area contributed by atoms with Crippen molar-refractivity contribution in [2.45, 2.75) is 33.6 Å². The molecule has 6 nitrogen and oxygen atoms in total. The van der Waals surface area contributed by atoms with Crippen LogP contribution in [0.4, 0.5) is 11.6 Å². The fourth-order valence-electron chi connectivity index (χ4n) is 2.91. The van der Waals surface area contributed by atoms with Crippen molar-refractivity contribution in [3.63, 3.8) is 0 Å². The number of nitrogens with one attached hydrogen (secondary N) is 1. The summed E-state index contributed by atoms with van der Waals surface area (Å²) in [6.45, 7) is 6.29. The summed E-state index contributed by atoms with van der Waals surface area (Å²) in [5, 5.41) is 3.41. The average molecular weight is 375 g/mol. The van der Waals surface area contributed by atoms with Gasteiger partial charge in [0.25, 0.3) is 0 Å². The maximum atomic E-state index is 6.18. The standard InChI is InChI=1S/C22H25N5O/c1-4-7-15(3)26-17-9-10-20(16(5-2)14-17)28-21-18(8-6-12-24-21)19-11-13-25-22(23)27-19/h6-14,26H,4-5H2,1-3H3,(H2,23,25,27)/b15-7-. The number of nitrogen functional groups attached to an aromatic ring is 1. The molecule has 0 aliphatic heterocycles. The average Bonchev–Trinajstić information content (AvgIpc) is 2.69. The van der Waals surface area contributed by atoms with Crippen molar-refractivity contribution in [3.8, 4) is 22.9 Å². The maximum Gasteiger partial charge on any atom is 0.228 e. The summed E-state index contributed by atoms with van der Waals surface area (Å²) in [4.78, 5) is 12.6. The van der Waals surface area contributed by atoms with E-state index < -0.39 is 0 Å². The Labute approximate surface area is 165 Å². The molecule has 0 saturated carbocycles. The summed E-state index contributed by atoms with van der Waals surface area (Å²) < 4.78 is 6.18. The number of hydrogen-bond donors (Lipinski definition) is 2. The molecule has 0 radical (unpaired) electrons. The molecule has 2 aromatic heterocycles. The number of anilines is 2. The number of hydrogen-bond acceptors (Lipinski definition) is 6. The number of aromatic nitrogens is 3. The molecule has 28 heavy (non-hydrogen) atoms. The third-order valence-electron chi connectivity index (χ3n) is 4.22. The van der Waals surface area contributed by atoms with E-state index in [4.69, 9.17) is 10.5 Å². The Morgan fingerprint density at radius 3 is 2.75 bits per heavy atom. The minimum Gasteiger partial charge on any atom is -0.438 e. The molecule has 0 saturated heterocycles. The zero-order chi connectivity index (χ0) is 19.9. The third-order valence-corrected chi connectivity index (χ3v) is 4.22. The summed E-state index contributed by atoms with van der Waals surface area (Å²) >= 11 is 0. The lowest BCUT2D eigenvalue weighted by atomic mass is 10.1. The second kappa shape index (κ2) is 8.99. The largest absolute Gasteiger partial charge is 0.438 e. The van der Waals surface area contributed by atoms with E-state index in [9.17, 15) is 0 Å². The predicted molar refractivity (Wildman–Crippen MR) is 113 cm³/mol. The Kier molecular flexibility index (Phi) is 6.22. The molecule has 0 aliphatic rings. The first-order valence-electron chi connectivity index (χ1n) is 9.39. The Morgan fingerprint density at radius 1 is 1.14 bits per heavy atom. The van der Waals surface area contributed by atoms with Crippen LogP contribution in [-0.2, 0) is 6.42 Å². The van der Waals surface area contributed by atoms with E-state index in [2.05, 4.69) is 53.2 Å². The highest BCUT2D eigenvalue weighted by Gasteiger charge is 2.13. The van der Waals surface area contributed by atoms with Gasteiger partial charge in [-0.05, 0) is 61.7 Å². The molecule has 0 amide bonds. The minimum absolute atomic E-state index is 0.215. The molecule has 3 aromatic rings.